The van der Waals surface area contributed by atoms with Crippen LogP contribution in [-0.2, 0) is 35.4 Å². The van der Waals surface area contributed by atoms with E-state index in [2.05, 4.69) is 55.4 Å². The van der Waals surface area contributed by atoms with E-state index >= 15 is 0 Å². The Labute approximate surface area is 323 Å². The summed E-state index contributed by atoms with van der Waals surface area (Å²) in [4.78, 5) is 0. The second-order valence-electron chi connectivity index (χ2n) is 17.3. The van der Waals surface area contributed by atoms with Crippen LogP contribution in [0.4, 0.5) is 0 Å². The molecule has 0 aromatic rings. The van der Waals surface area contributed by atoms with E-state index in [1.165, 1.54) is 51.4 Å². The summed E-state index contributed by atoms with van der Waals surface area (Å²) in [5, 5.41) is 0. The molecule has 0 amide bonds. The predicted octanol–water partition coefficient (Wildman–Crippen LogP) is 11.0. The molecule has 0 bridgehead atoms. The molecule has 0 aromatic carbocycles. The molecule has 0 N–H and O–H groups in total. The van der Waals surface area contributed by atoms with Crippen LogP contribution in [-0.4, -0.2) is 83.6 Å². The lowest BCUT2D eigenvalue weighted by atomic mass is 10.4. The lowest BCUT2D eigenvalue weighted by Crippen LogP contribution is -2.81. The Hall–Kier alpha value is 0.548. The first-order valence-corrected chi connectivity index (χ1v) is 30.3. The molecule has 5 aliphatic rings. The number of hydrogen-bond donors (Lipinski definition) is 0. The zero-order valence-corrected chi connectivity index (χ0v) is 38.9. The molecule has 52 heavy (non-hydrogen) atoms. The first kappa shape index (κ1) is 43.7. The maximum atomic E-state index is 8.55. The Balaban J connectivity index is 1.84. The zero-order chi connectivity index (χ0) is 37.2. The Morgan fingerprint density at radius 2 is 0.538 bits per heavy atom. The minimum Gasteiger partial charge on any atom is -0.412 e. The van der Waals surface area contributed by atoms with Gasteiger partial charge in [0.2, 0.25) is 0 Å². The van der Waals surface area contributed by atoms with E-state index in [1.54, 1.807) is 0 Å². The molecule has 1 heterocycles. The van der Waals surface area contributed by atoms with Crippen LogP contribution in [0.15, 0.2) is 0 Å². The molecule has 5 fully saturated rings. The topological polar surface area (TPSA) is 73.8 Å². The second-order valence-corrected chi connectivity index (χ2v) is 32.8. The molecule has 4 atom stereocenters. The maximum Gasteiger partial charge on any atom is 0.353 e. The van der Waals surface area contributed by atoms with Crippen LogP contribution >= 0.6 is 0 Å². The van der Waals surface area contributed by atoms with Crippen LogP contribution in [0.1, 0.15) is 184 Å². The average molecular weight is 801 g/mol. The molecule has 5 rings (SSSR count). The number of hydrogen-bond acceptors (Lipinski definition) is 8. The summed E-state index contributed by atoms with van der Waals surface area (Å²) in [5.41, 5.74) is 0.758. The quantitative estimate of drug-likeness (QED) is 0.113. The molecule has 1 aliphatic heterocycles. The average Bonchev–Trinajstić information content (AvgIpc) is 3.99. The highest BCUT2D eigenvalue weighted by Crippen LogP contribution is 2.58. The van der Waals surface area contributed by atoms with E-state index in [0.29, 0.717) is 48.6 Å². The molecule has 4 unspecified atom stereocenters. The molecule has 304 valence electrons. The Morgan fingerprint density at radius 1 is 0.365 bits per heavy atom. The van der Waals surface area contributed by atoms with Crippen molar-refractivity contribution >= 4 is 34.2 Å². The SMILES string of the molecule is CCCOC(C)[Si]1(C2CCCC2)O[Si](C2CCCC2)(C(C)OCCC)O[Si](C2CCCC2)(C(C)OCCC)O[Si](C2CCCC2)(C(C)OCCC)O1. The third-order valence-electron chi connectivity index (χ3n) is 13.5. The maximum absolute atomic E-state index is 8.55. The van der Waals surface area contributed by atoms with E-state index in [4.69, 9.17) is 35.4 Å². The van der Waals surface area contributed by atoms with Crippen molar-refractivity contribution in [2.24, 2.45) is 0 Å². The molecular weight excluding hydrogens is 721 g/mol. The van der Waals surface area contributed by atoms with Crippen molar-refractivity contribution in [2.45, 2.75) is 229 Å². The first-order chi connectivity index (χ1) is 25.2. The minimum absolute atomic E-state index is 0.143. The van der Waals surface area contributed by atoms with Crippen molar-refractivity contribution in [3.05, 3.63) is 0 Å². The fraction of sp³-hybridized carbons (Fsp3) is 1.00. The van der Waals surface area contributed by atoms with Crippen LogP contribution in [0.3, 0.4) is 0 Å². The van der Waals surface area contributed by atoms with E-state index < -0.39 is 34.2 Å². The Morgan fingerprint density at radius 3 is 0.692 bits per heavy atom. The van der Waals surface area contributed by atoms with Crippen molar-refractivity contribution in [1.82, 2.24) is 0 Å². The summed E-state index contributed by atoms with van der Waals surface area (Å²) >= 11 is 0. The molecular formula is C40H80O8Si4. The zero-order valence-electron chi connectivity index (χ0n) is 34.9. The fourth-order valence-electron chi connectivity index (χ4n) is 10.7. The fourth-order valence-corrected chi connectivity index (χ4v) is 40.4. The molecule has 0 radical (unpaired) electrons. The standard InChI is InChI=1S/C40H80O8Si4/c1-9-29-41-33(5)49(37-21-13-14-22-37)45-50(34(6)42-30-10-2,38-23-15-16-24-38)47-52(36(8)44-32-12-4,40-27-19-20-28-40)48-51(46-49,35(7)43-31-11-3)39-25-17-18-26-39/h33-40H,9-32H2,1-8H3. The van der Waals surface area contributed by atoms with Gasteiger partial charge in [-0.25, -0.2) is 0 Å². The van der Waals surface area contributed by atoms with Gasteiger partial charge in [-0.2, -0.15) is 0 Å². The Bertz CT molecular complexity index is 863. The van der Waals surface area contributed by atoms with Gasteiger partial charge in [0.15, 0.2) is 0 Å². The van der Waals surface area contributed by atoms with Crippen molar-refractivity contribution < 1.29 is 35.4 Å². The summed E-state index contributed by atoms with van der Waals surface area (Å²) in [6.45, 7) is 21.0. The molecule has 8 nitrogen and oxygen atoms in total. The third kappa shape index (κ3) is 9.14. The van der Waals surface area contributed by atoms with Crippen LogP contribution in [0.25, 0.3) is 0 Å². The number of rotatable bonds is 20. The molecule has 0 aromatic heterocycles. The smallest absolute Gasteiger partial charge is 0.353 e. The highest BCUT2D eigenvalue weighted by Gasteiger charge is 2.74. The van der Waals surface area contributed by atoms with Gasteiger partial charge in [-0.05, 0) is 105 Å². The van der Waals surface area contributed by atoms with Gasteiger partial charge >= 0.3 is 34.2 Å². The van der Waals surface area contributed by atoms with Crippen molar-refractivity contribution in [3.63, 3.8) is 0 Å². The van der Waals surface area contributed by atoms with Crippen molar-refractivity contribution in [2.75, 3.05) is 26.4 Å². The van der Waals surface area contributed by atoms with Crippen LogP contribution in [0.5, 0.6) is 0 Å². The van der Waals surface area contributed by atoms with Gasteiger partial charge in [0.05, 0.1) is 22.9 Å². The van der Waals surface area contributed by atoms with Gasteiger partial charge in [-0.15, -0.1) is 0 Å². The summed E-state index contributed by atoms with van der Waals surface area (Å²) in [7, 11) is -13.1. The first-order valence-electron chi connectivity index (χ1n) is 22.4. The number of ether oxygens (including phenoxy) is 4. The van der Waals surface area contributed by atoms with Gasteiger partial charge < -0.3 is 35.4 Å². The third-order valence-corrected chi connectivity index (χ3v) is 35.8. The molecule has 4 aliphatic carbocycles. The van der Waals surface area contributed by atoms with Gasteiger partial charge in [-0.1, -0.05) is 79.1 Å². The van der Waals surface area contributed by atoms with Gasteiger partial charge in [0, 0.05) is 48.6 Å². The normalized spacial score (nSPS) is 35.5. The van der Waals surface area contributed by atoms with Crippen LogP contribution < -0.4 is 0 Å². The summed E-state index contributed by atoms with van der Waals surface area (Å²) in [6.07, 6.45) is 22.7. The largest absolute Gasteiger partial charge is 0.412 e. The molecule has 1 saturated heterocycles. The highest BCUT2D eigenvalue weighted by atomic mass is 28.5. The van der Waals surface area contributed by atoms with E-state index in [9.17, 15) is 0 Å². The van der Waals surface area contributed by atoms with Gasteiger partial charge in [-0.3, -0.25) is 0 Å². The van der Waals surface area contributed by atoms with Crippen LogP contribution in [0.2, 0.25) is 22.2 Å². The second kappa shape index (κ2) is 20.3. The predicted molar refractivity (Wildman–Crippen MR) is 219 cm³/mol. The summed E-state index contributed by atoms with van der Waals surface area (Å²) in [5.74, 6) is 0. The molecule has 4 saturated carbocycles. The Kier molecular flexibility index (Phi) is 17.0. The summed E-state index contributed by atoms with van der Waals surface area (Å²) in [6, 6.07) is 0. The molecule has 0 spiro atoms. The van der Waals surface area contributed by atoms with Gasteiger partial charge in [0.1, 0.15) is 0 Å². The van der Waals surface area contributed by atoms with E-state index in [1.807, 2.05) is 0 Å². The monoisotopic (exact) mass is 800 g/mol. The van der Waals surface area contributed by atoms with Crippen molar-refractivity contribution in [3.8, 4) is 0 Å². The van der Waals surface area contributed by atoms with Gasteiger partial charge in [0.25, 0.3) is 0 Å². The van der Waals surface area contributed by atoms with Crippen LogP contribution in [0, 0.1) is 0 Å². The lowest BCUT2D eigenvalue weighted by molar-refractivity contribution is 0.0193. The highest BCUT2D eigenvalue weighted by molar-refractivity contribution is 6.97. The minimum atomic E-state index is -3.27. The molecule has 12 heteroatoms. The van der Waals surface area contributed by atoms with E-state index in [-0.39, 0.29) is 22.9 Å². The van der Waals surface area contributed by atoms with E-state index in [0.717, 1.165) is 77.0 Å². The summed E-state index contributed by atoms with van der Waals surface area (Å²) < 4.78 is 62.1. The lowest BCUT2D eigenvalue weighted by Gasteiger charge is -2.61. The van der Waals surface area contributed by atoms with Crippen molar-refractivity contribution in [1.29, 1.82) is 0 Å².